The van der Waals surface area contributed by atoms with Crippen LogP contribution in [0.1, 0.15) is 50.9 Å². The van der Waals surface area contributed by atoms with E-state index in [1.54, 1.807) is 6.07 Å². The van der Waals surface area contributed by atoms with Gasteiger partial charge in [0.15, 0.2) is 0 Å². The summed E-state index contributed by atoms with van der Waals surface area (Å²) >= 11 is 0. The lowest BCUT2D eigenvalue weighted by Crippen LogP contribution is -2.37. The number of hydrogen-bond donors (Lipinski definition) is 1. The van der Waals surface area contributed by atoms with Crippen molar-refractivity contribution in [2.45, 2.75) is 45.1 Å². The van der Waals surface area contributed by atoms with Crippen LogP contribution in [0.2, 0.25) is 0 Å². The highest BCUT2D eigenvalue weighted by Gasteiger charge is 2.33. The van der Waals surface area contributed by atoms with Crippen molar-refractivity contribution >= 4 is 16.9 Å². The van der Waals surface area contributed by atoms with Gasteiger partial charge < -0.3 is 14.8 Å². The summed E-state index contributed by atoms with van der Waals surface area (Å²) < 4.78 is 13.4. The Morgan fingerprint density at radius 3 is 2.85 bits per heavy atom. The van der Waals surface area contributed by atoms with Crippen molar-refractivity contribution in [1.29, 1.82) is 0 Å². The van der Waals surface area contributed by atoms with Gasteiger partial charge in [0.1, 0.15) is 11.6 Å². The van der Waals surface area contributed by atoms with Crippen LogP contribution in [0, 0.1) is 11.7 Å². The maximum atomic E-state index is 13.4. The molecule has 2 fully saturated rings. The monoisotopic (exact) mass is 358 g/mol. The lowest BCUT2D eigenvalue weighted by atomic mass is 9.93. The van der Waals surface area contributed by atoms with Gasteiger partial charge in [0.05, 0.1) is 17.1 Å². The maximum Gasteiger partial charge on any atom is 0.223 e. The second-order valence-electron chi connectivity index (χ2n) is 7.61. The van der Waals surface area contributed by atoms with Gasteiger partial charge in [-0.3, -0.25) is 4.79 Å². The predicted octanol–water partition coefficient (Wildman–Crippen LogP) is 3.49. The number of hydrogen-bond acceptors (Lipinski definition) is 3. The summed E-state index contributed by atoms with van der Waals surface area (Å²) in [6.45, 7) is 6.30. The fraction of sp³-hybridized carbons (Fsp3) is 0.600. The molecule has 0 radical (unpaired) electrons. The molecule has 1 aromatic carbocycles. The molecule has 2 saturated heterocycles. The fourth-order valence-corrected chi connectivity index (χ4v) is 4.38. The highest BCUT2D eigenvalue weighted by molar-refractivity contribution is 5.78. The smallest absolute Gasteiger partial charge is 0.223 e. The number of halogens is 1. The molecule has 1 atom stereocenters. The van der Waals surface area contributed by atoms with Crippen molar-refractivity contribution in [3.63, 3.8) is 0 Å². The van der Waals surface area contributed by atoms with Crippen molar-refractivity contribution in [2.24, 2.45) is 5.92 Å². The molecule has 0 bridgehead atoms. The van der Waals surface area contributed by atoms with Gasteiger partial charge in [-0.15, -0.1) is 0 Å². The Morgan fingerprint density at radius 2 is 2.08 bits per heavy atom. The third kappa shape index (κ3) is 3.47. The minimum absolute atomic E-state index is 0.00584. The molecule has 0 saturated carbocycles. The zero-order valence-electron chi connectivity index (χ0n) is 15.4. The zero-order chi connectivity index (χ0) is 18.1. The number of H-pyrrole nitrogens is 1. The van der Waals surface area contributed by atoms with Crippen LogP contribution in [0.5, 0.6) is 0 Å². The van der Waals surface area contributed by atoms with Crippen LogP contribution >= 0.6 is 0 Å². The van der Waals surface area contributed by atoms with Crippen LogP contribution in [-0.2, 0) is 4.79 Å². The molecule has 0 unspecified atom stereocenters. The molecule has 1 aromatic heterocycles. The third-order valence-corrected chi connectivity index (χ3v) is 5.97. The van der Waals surface area contributed by atoms with Crippen molar-refractivity contribution in [3.05, 3.63) is 29.8 Å². The summed E-state index contributed by atoms with van der Waals surface area (Å²) in [5.74, 6) is 1.26. The van der Waals surface area contributed by atoms with Crippen LogP contribution in [-0.4, -0.2) is 51.9 Å². The molecule has 5 nitrogen and oxygen atoms in total. The van der Waals surface area contributed by atoms with Crippen LogP contribution in [0.3, 0.4) is 0 Å². The molecule has 1 amide bonds. The predicted molar refractivity (Wildman–Crippen MR) is 99.2 cm³/mol. The van der Waals surface area contributed by atoms with Gasteiger partial charge in [-0.05, 0) is 69.4 Å². The molecule has 0 spiro atoms. The highest BCUT2D eigenvalue weighted by atomic mass is 19.1. The van der Waals surface area contributed by atoms with E-state index in [-0.39, 0.29) is 17.8 Å². The molecule has 4 rings (SSSR count). The Morgan fingerprint density at radius 1 is 1.27 bits per heavy atom. The summed E-state index contributed by atoms with van der Waals surface area (Å²) in [4.78, 5) is 25.2. The Balaban J connectivity index is 1.44. The normalized spacial score (nSPS) is 22.4. The number of benzene rings is 1. The van der Waals surface area contributed by atoms with Gasteiger partial charge in [0.25, 0.3) is 0 Å². The highest BCUT2D eigenvalue weighted by Crippen LogP contribution is 2.33. The number of nitrogens with zero attached hydrogens (tertiary/aromatic N) is 3. The summed E-state index contributed by atoms with van der Waals surface area (Å²) in [6.07, 6.45) is 4.78. The van der Waals surface area contributed by atoms with E-state index >= 15 is 0 Å². The number of carbonyl (C=O) groups excluding carboxylic acids is 1. The molecule has 3 heterocycles. The average Bonchev–Trinajstić information content (AvgIpc) is 3.28. The SMILES string of the molecule is CCN1CCC(CC(=O)N2CCC[C@H]2c2nc3ccc(F)cc3[nH]2)CC1. The largest absolute Gasteiger partial charge is 0.340 e. The molecule has 26 heavy (non-hydrogen) atoms. The van der Waals surface area contributed by atoms with Gasteiger partial charge in [-0.2, -0.15) is 0 Å². The number of rotatable bonds is 4. The second kappa shape index (κ2) is 7.35. The van der Waals surface area contributed by atoms with Crippen molar-refractivity contribution < 1.29 is 9.18 Å². The van der Waals surface area contributed by atoms with Crippen LogP contribution in [0.25, 0.3) is 11.0 Å². The second-order valence-corrected chi connectivity index (χ2v) is 7.61. The maximum absolute atomic E-state index is 13.4. The first kappa shape index (κ1) is 17.5. The number of imidazole rings is 1. The molecule has 1 N–H and O–H groups in total. The molecule has 2 aliphatic rings. The van der Waals surface area contributed by atoms with Gasteiger partial charge >= 0.3 is 0 Å². The Kier molecular flexibility index (Phi) is 4.94. The lowest BCUT2D eigenvalue weighted by molar-refractivity contribution is -0.133. The Labute approximate surface area is 153 Å². The van der Waals surface area contributed by atoms with Crippen LogP contribution in [0.4, 0.5) is 4.39 Å². The molecular formula is C20H27FN4O. The van der Waals surface area contributed by atoms with E-state index in [4.69, 9.17) is 0 Å². The minimum Gasteiger partial charge on any atom is -0.340 e. The third-order valence-electron chi connectivity index (χ3n) is 5.97. The number of amides is 1. The molecule has 2 aliphatic heterocycles. The van der Waals surface area contributed by atoms with E-state index in [1.165, 1.54) is 12.1 Å². The molecule has 140 valence electrons. The van der Waals surface area contributed by atoms with Gasteiger partial charge in [-0.25, -0.2) is 9.37 Å². The van der Waals surface area contributed by atoms with E-state index < -0.39 is 0 Å². The standard InChI is InChI=1S/C20H27FN4O/c1-2-24-10-7-14(8-11-24)12-19(26)25-9-3-4-18(25)20-22-16-6-5-15(21)13-17(16)23-20/h5-6,13-14,18H,2-4,7-12H2,1H3,(H,22,23)/t18-/m0/s1. The van der Waals surface area contributed by atoms with Crippen molar-refractivity contribution in [3.8, 4) is 0 Å². The number of likely N-dealkylation sites (tertiary alicyclic amines) is 2. The molecule has 0 aliphatic carbocycles. The van der Waals surface area contributed by atoms with E-state index in [0.717, 1.165) is 63.2 Å². The number of aromatic amines is 1. The van der Waals surface area contributed by atoms with Gasteiger partial charge in [0, 0.05) is 13.0 Å². The van der Waals surface area contributed by atoms with Crippen LogP contribution < -0.4 is 0 Å². The first-order valence-corrected chi connectivity index (χ1v) is 9.81. The Bertz CT molecular complexity index is 781. The zero-order valence-corrected chi connectivity index (χ0v) is 15.4. The van der Waals surface area contributed by atoms with E-state index in [2.05, 4.69) is 21.8 Å². The number of piperidine rings is 1. The summed E-state index contributed by atoms with van der Waals surface area (Å²) in [5.41, 5.74) is 1.46. The molecule has 2 aromatic rings. The van der Waals surface area contributed by atoms with E-state index in [9.17, 15) is 9.18 Å². The summed E-state index contributed by atoms with van der Waals surface area (Å²) in [5, 5.41) is 0. The lowest BCUT2D eigenvalue weighted by Gasteiger charge is -2.32. The average molecular weight is 358 g/mol. The summed E-state index contributed by atoms with van der Waals surface area (Å²) in [6, 6.07) is 4.57. The number of fused-ring (bicyclic) bond motifs is 1. The topological polar surface area (TPSA) is 52.2 Å². The van der Waals surface area contributed by atoms with Gasteiger partial charge in [0.2, 0.25) is 5.91 Å². The first-order chi connectivity index (χ1) is 12.6. The quantitative estimate of drug-likeness (QED) is 0.910. The van der Waals surface area contributed by atoms with E-state index in [1.807, 2.05) is 4.90 Å². The molecule has 6 heteroatoms. The fourth-order valence-electron chi connectivity index (χ4n) is 4.38. The summed E-state index contributed by atoms with van der Waals surface area (Å²) in [7, 11) is 0. The minimum atomic E-state index is -0.273. The number of nitrogens with one attached hydrogen (secondary N) is 1. The van der Waals surface area contributed by atoms with Crippen molar-refractivity contribution in [1.82, 2.24) is 19.8 Å². The van der Waals surface area contributed by atoms with E-state index in [0.29, 0.717) is 17.9 Å². The van der Waals surface area contributed by atoms with Crippen molar-refractivity contribution in [2.75, 3.05) is 26.2 Å². The Hall–Kier alpha value is -1.95. The van der Waals surface area contributed by atoms with Gasteiger partial charge in [-0.1, -0.05) is 6.92 Å². The molecular weight excluding hydrogens is 331 g/mol. The van der Waals surface area contributed by atoms with Crippen LogP contribution in [0.15, 0.2) is 18.2 Å². The number of carbonyl (C=O) groups is 1. The first-order valence-electron chi connectivity index (χ1n) is 9.81. The number of aromatic nitrogens is 2.